The van der Waals surface area contributed by atoms with Crippen LogP contribution in [0.25, 0.3) is 24.3 Å². The molecule has 0 radical (unpaired) electrons. The molecule has 3 aromatic carbocycles. The second-order valence-corrected chi connectivity index (χ2v) is 32.0. The van der Waals surface area contributed by atoms with Crippen molar-refractivity contribution in [3.8, 4) is 11.5 Å². The van der Waals surface area contributed by atoms with Crippen molar-refractivity contribution in [3.05, 3.63) is 81.9 Å². The van der Waals surface area contributed by atoms with Crippen LogP contribution in [0.3, 0.4) is 0 Å². The highest BCUT2D eigenvalue weighted by Gasteiger charge is 2.31. The zero-order chi connectivity index (χ0) is 64.2. The second-order valence-electron chi connectivity index (χ2n) is 23.8. The molecule has 3 rings (SSSR count). The van der Waals surface area contributed by atoms with Crippen molar-refractivity contribution in [3.63, 3.8) is 0 Å². The summed E-state index contributed by atoms with van der Waals surface area (Å²) in [5.74, 6) is 0.912. The molecule has 0 aliphatic carbocycles. The SMILES string of the molecule is CCCCCCCCCCOc1cc(CP(=O)(OCC)OCC)c(S(=O)(=O)CCCCCCCCCC)cc1/C=C/c1ccc(/C=C/c2cc(OCCCCCCCCCC)c(CP(=O)(OCC)OCC)cc2S(=O)(=O)CCCCCCCCCC)cc1. The highest BCUT2D eigenvalue weighted by molar-refractivity contribution is 7.91. The summed E-state index contributed by atoms with van der Waals surface area (Å²) in [4.78, 5) is 0.269. The molecule has 0 N–H and O–H groups in total. The molecule has 0 saturated heterocycles. The fourth-order valence-electron chi connectivity index (χ4n) is 11.0. The van der Waals surface area contributed by atoms with Crippen LogP contribution in [0.1, 0.15) is 294 Å². The van der Waals surface area contributed by atoms with E-state index in [4.69, 9.17) is 27.6 Å². The summed E-state index contributed by atoms with van der Waals surface area (Å²) < 4.78 is 123. The molecule has 0 aliphatic rings. The number of hydrogen-bond donors (Lipinski definition) is 0. The van der Waals surface area contributed by atoms with Crippen molar-refractivity contribution in [1.29, 1.82) is 0 Å². The van der Waals surface area contributed by atoms with Crippen molar-refractivity contribution < 1.29 is 53.5 Å². The molecule has 0 bridgehead atoms. The van der Waals surface area contributed by atoms with Crippen molar-refractivity contribution in [1.82, 2.24) is 0 Å². The maximum Gasteiger partial charge on any atom is 0.335 e. The molecular formula is C72H120O12P2S2. The Balaban J connectivity index is 2.12. The lowest BCUT2D eigenvalue weighted by molar-refractivity contribution is 0.217. The molecular weight excluding hydrogens is 1180 g/mol. The maximum absolute atomic E-state index is 14.6. The summed E-state index contributed by atoms with van der Waals surface area (Å²) in [5, 5.41) is 0. The van der Waals surface area contributed by atoms with Crippen molar-refractivity contribution in [2.75, 3.05) is 51.1 Å². The average molecular weight is 1300 g/mol. The molecule has 502 valence electrons. The molecule has 0 amide bonds. The Kier molecular flexibility index (Phi) is 42.2. The van der Waals surface area contributed by atoms with Gasteiger partial charge >= 0.3 is 15.2 Å². The summed E-state index contributed by atoms with van der Waals surface area (Å²) in [5.41, 5.74) is 3.59. The van der Waals surface area contributed by atoms with Gasteiger partial charge in [-0.05, 0) is 99.9 Å². The van der Waals surface area contributed by atoms with Crippen molar-refractivity contribution in [2.45, 2.75) is 283 Å². The Morgan fingerprint density at radius 3 is 1.06 bits per heavy atom. The third kappa shape index (κ3) is 32.5. The Labute approximate surface area is 537 Å². The smallest absolute Gasteiger partial charge is 0.335 e. The number of ether oxygens (including phenoxy) is 2. The first-order valence-corrected chi connectivity index (χ1v) is 41.6. The van der Waals surface area contributed by atoms with Gasteiger partial charge in [-0.1, -0.05) is 256 Å². The van der Waals surface area contributed by atoms with Crippen LogP contribution in [-0.4, -0.2) is 68.0 Å². The minimum atomic E-state index is -3.85. The summed E-state index contributed by atoms with van der Waals surface area (Å²) in [6.07, 6.45) is 41.7. The van der Waals surface area contributed by atoms with Crippen LogP contribution in [-0.2, 0) is 59.2 Å². The van der Waals surface area contributed by atoms with Crippen LogP contribution < -0.4 is 9.47 Å². The minimum Gasteiger partial charge on any atom is -0.493 e. The van der Waals surface area contributed by atoms with E-state index in [1.807, 2.05) is 48.6 Å². The van der Waals surface area contributed by atoms with E-state index < -0.39 is 34.9 Å². The lowest BCUT2D eigenvalue weighted by Gasteiger charge is -2.21. The fraction of sp³-hybridized carbons (Fsp3) is 0.694. The van der Waals surface area contributed by atoms with Crippen molar-refractivity contribution >= 4 is 59.2 Å². The molecule has 0 fully saturated rings. The molecule has 16 heteroatoms. The number of hydrogen-bond acceptors (Lipinski definition) is 12. The molecule has 0 aromatic heterocycles. The summed E-state index contributed by atoms with van der Waals surface area (Å²) in [6, 6.07) is 14.7. The summed E-state index contributed by atoms with van der Waals surface area (Å²) in [6.45, 7) is 17.4. The maximum atomic E-state index is 14.6. The average Bonchev–Trinajstić information content (AvgIpc) is 1.57. The summed E-state index contributed by atoms with van der Waals surface area (Å²) >= 11 is 0. The molecule has 3 aromatic rings. The Hall–Kier alpha value is -3.06. The van der Waals surface area contributed by atoms with Gasteiger partial charge < -0.3 is 27.6 Å². The lowest BCUT2D eigenvalue weighted by atomic mass is 10.1. The number of benzene rings is 3. The Bertz CT molecular complexity index is 2700. The molecule has 0 spiro atoms. The van der Waals surface area contributed by atoms with Gasteiger partial charge in [0.05, 0.1) is 73.3 Å². The van der Waals surface area contributed by atoms with E-state index in [1.54, 1.807) is 52.0 Å². The zero-order valence-electron chi connectivity index (χ0n) is 56.2. The van der Waals surface area contributed by atoms with E-state index >= 15 is 0 Å². The molecule has 0 heterocycles. The Morgan fingerprint density at radius 1 is 0.341 bits per heavy atom. The quantitative estimate of drug-likeness (QED) is 0.0300. The standard InChI is InChI=1S/C72H120O12P2S2/c1-9-17-21-25-29-33-37-41-53-79-69-58-68(62-86(74,83-15-7)84-16-8)72(88(77,78)56-44-40-36-32-28-24-20-12-4)59-65(69)51-49-63-45-47-64(48-46-63)50-52-66-57-70(80-54-42-38-34-30-26-22-18-10-2)67(61-85(73,81-13-5)82-14-6)60-71(66)87(75,76)55-43-39-35-31-27-23-19-11-3/h45-52,57-60H,9-44,53-56,61-62H2,1-8H3/b51-49+,52-50+. The Morgan fingerprint density at radius 2 is 0.670 bits per heavy atom. The number of rotatable bonds is 56. The van der Waals surface area contributed by atoms with Crippen LogP contribution in [0.15, 0.2) is 58.3 Å². The monoisotopic (exact) mass is 1300 g/mol. The molecule has 88 heavy (non-hydrogen) atoms. The summed E-state index contributed by atoms with van der Waals surface area (Å²) in [7, 11) is -15.0. The van der Waals surface area contributed by atoms with Gasteiger partial charge in [0, 0.05) is 11.1 Å². The molecule has 0 unspecified atom stereocenters. The van der Waals surface area contributed by atoms with E-state index in [0.29, 0.717) is 59.8 Å². The van der Waals surface area contributed by atoms with Gasteiger partial charge in [0.15, 0.2) is 19.7 Å². The third-order valence-electron chi connectivity index (χ3n) is 16.0. The van der Waals surface area contributed by atoms with Crippen LogP contribution in [0.5, 0.6) is 11.5 Å². The van der Waals surface area contributed by atoms with E-state index in [9.17, 15) is 26.0 Å². The molecule has 0 aliphatic heterocycles. The normalized spacial score (nSPS) is 12.5. The zero-order valence-corrected chi connectivity index (χ0v) is 59.7. The van der Waals surface area contributed by atoms with Crippen LogP contribution >= 0.6 is 15.2 Å². The second kappa shape index (κ2) is 46.9. The third-order valence-corrected chi connectivity index (χ3v) is 23.8. The van der Waals surface area contributed by atoms with Gasteiger partial charge in [0.1, 0.15) is 11.5 Å². The molecule has 12 nitrogen and oxygen atoms in total. The highest BCUT2D eigenvalue weighted by Crippen LogP contribution is 2.54. The van der Waals surface area contributed by atoms with Gasteiger partial charge in [-0.15, -0.1) is 0 Å². The van der Waals surface area contributed by atoms with Gasteiger partial charge in [-0.2, -0.15) is 0 Å². The van der Waals surface area contributed by atoms with Crippen LogP contribution in [0.2, 0.25) is 0 Å². The first-order valence-electron chi connectivity index (χ1n) is 34.8. The topological polar surface area (TPSA) is 158 Å². The van der Waals surface area contributed by atoms with E-state index in [-0.39, 0.29) is 60.0 Å². The number of unbranched alkanes of at least 4 members (excludes halogenated alkanes) is 28. The fourth-order valence-corrected chi connectivity index (χ4v) is 17.8. The minimum absolute atomic E-state index is 0.0149. The van der Waals surface area contributed by atoms with Crippen LogP contribution in [0.4, 0.5) is 0 Å². The van der Waals surface area contributed by atoms with E-state index in [1.165, 1.54) is 103 Å². The van der Waals surface area contributed by atoms with E-state index in [0.717, 1.165) is 101 Å². The van der Waals surface area contributed by atoms with Gasteiger partial charge in [0.25, 0.3) is 0 Å². The molecule has 0 atom stereocenters. The van der Waals surface area contributed by atoms with E-state index in [2.05, 4.69) is 27.7 Å². The van der Waals surface area contributed by atoms with Crippen LogP contribution in [0, 0.1) is 0 Å². The predicted molar refractivity (Wildman–Crippen MR) is 372 cm³/mol. The number of sulfone groups is 2. The molecule has 0 saturated carbocycles. The van der Waals surface area contributed by atoms with Crippen molar-refractivity contribution in [2.24, 2.45) is 0 Å². The largest absolute Gasteiger partial charge is 0.493 e. The van der Waals surface area contributed by atoms with Gasteiger partial charge in [-0.25, -0.2) is 16.8 Å². The lowest BCUT2D eigenvalue weighted by Crippen LogP contribution is -2.12. The first kappa shape index (κ1) is 79.2. The highest BCUT2D eigenvalue weighted by atomic mass is 32.2. The van der Waals surface area contributed by atoms with Gasteiger partial charge in [0.2, 0.25) is 0 Å². The van der Waals surface area contributed by atoms with Gasteiger partial charge in [-0.3, -0.25) is 9.13 Å². The predicted octanol–water partition coefficient (Wildman–Crippen LogP) is 22.4. The first-order chi connectivity index (χ1) is 42.6.